The predicted molar refractivity (Wildman–Crippen MR) is 60.6 cm³/mol. The zero-order valence-corrected chi connectivity index (χ0v) is 10.2. The molecule has 2 aliphatic rings. The van der Waals surface area contributed by atoms with Crippen LogP contribution in [0.1, 0.15) is 24.1 Å². The average Bonchev–Trinajstić information content (AvgIpc) is 2.99. The molecule has 2 aliphatic heterocycles. The van der Waals surface area contributed by atoms with Crippen LogP contribution in [0.5, 0.6) is 0 Å². The Morgan fingerprint density at radius 3 is 2.76 bits per heavy atom. The normalized spacial score (nSPS) is 20.7. The highest BCUT2D eigenvalue weighted by Gasteiger charge is 2.30. The highest BCUT2D eigenvalue weighted by Crippen LogP contribution is 2.20. The second-order valence-corrected chi connectivity index (χ2v) is 6.17. The monoisotopic (exact) mass is 254 g/mol. The van der Waals surface area contributed by atoms with E-state index in [1.165, 1.54) is 4.31 Å². The average molecular weight is 254 g/mol. The fraction of sp³-hybridized carbons (Fsp3) is 0.600. The van der Waals surface area contributed by atoms with Crippen molar-refractivity contribution >= 4 is 10.0 Å². The number of aromatic nitrogens is 2. The van der Waals surface area contributed by atoms with Crippen molar-refractivity contribution in [3.8, 4) is 0 Å². The Morgan fingerprint density at radius 1 is 1.24 bits per heavy atom. The molecule has 0 saturated carbocycles. The molecule has 0 bridgehead atoms. The Labute approximate surface area is 100 Å². The number of rotatable bonds is 2. The Bertz CT molecular complexity index is 537. The zero-order chi connectivity index (χ0) is 11.9. The van der Waals surface area contributed by atoms with Crippen LogP contribution in [0.3, 0.4) is 0 Å². The van der Waals surface area contributed by atoms with E-state index in [1.54, 1.807) is 6.20 Å². The van der Waals surface area contributed by atoms with Gasteiger partial charge in [-0.05, 0) is 12.8 Å². The molecule has 0 unspecified atom stereocenters. The molecule has 1 aromatic rings. The molecule has 7 heteroatoms. The number of sulfonamides is 1. The first-order valence-corrected chi connectivity index (χ1v) is 7.17. The van der Waals surface area contributed by atoms with E-state index in [0.717, 1.165) is 30.6 Å². The summed E-state index contributed by atoms with van der Waals surface area (Å²) >= 11 is 0. The van der Waals surface area contributed by atoms with E-state index in [9.17, 15) is 8.42 Å². The van der Waals surface area contributed by atoms with Gasteiger partial charge in [0.05, 0.1) is 5.69 Å². The third-order valence-electron chi connectivity index (χ3n) is 3.18. The van der Waals surface area contributed by atoms with Gasteiger partial charge in [-0.2, -0.15) is 4.31 Å². The van der Waals surface area contributed by atoms with E-state index in [0.29, 0.717) is 19.6 Å². The van der Waals surface area contributed by atoms with Crippen LogP contribution < -0.4 is 5.32 Å². The fourth-order valence-corrected chi connectivity index (χ4v) is 3.59. The Hall–Kier alpha value is -1.05. The molecule has 92 valence electrons. The number of fused-ring (bicyclic) bond motifs is 1. The summed E-state index contributed by atoms with van der Waals surface area (Å²) in [5.41, 5.74) is 1.79. The first-order valence-electron chi connectivity index (χ1n) is 5.73. The minimum atomic E-state index is -3.48. The molecule has 0 radical (unpaired) electrons. The third kappa shape index (κ3) is 1.84. The lowest BCUT2D eigenvalue weighted by Gasteiger charge is -2.14. The van der Waals surface area contributed by atoms with Crippen molar-refractivity contribution in [2.45, 2.75) is 31.1 Å². The summed E-state index contributed by atoms with van der Waals surface area (Å²) in [4.78, 5) is 8.15. The van der Waals surface area contributed by atoms with Crippen LogP contribution >= 0.6 is 0 Å². The molecule has 0 atom stereocenters. The fourth-order valence-electron chi connectivity index (χ4n) is 2.21. The van der Waals surface area contributed by atoms with Crippen molar-refractivity contribution in [2.75, 3.05) is 13.1 Å². The maximum atomic E-state index is 12.2. The summed E-state index contributed by atoms with van der Waals surface area (Å²) < 4.78 is 25.9. The molecule has 0 aliphatic carbocycles. The van der Waals surface area contributed by atoms with Crippen LogP contribution in [0.15, 0.2) is 11.4 Å². The van der Waals surface area contributed by atoms with Crippen molar-refractivity contribution in [3.05, 3.63) is 17.5 Å². The van der Waals surface area contributed by atoms with Gasteiger partial charge < -0.3 is 5.32 Å². The van der Waals surface area contributed by atoms with Gasteiger partial charge in [0.1, 0.15) is 0 Å². The molecule has 17 heavy (non-hydrogen) atoms. The summed E-state index contributed by atoms with van der Waals surface area (Å²) in [7, 11) is -3.48. The van der Waals surface area contributed by atoms with Gasteiger partial charge in [0.15, 0.2) is 0 Å². The highest BCUT2D eigenvalue weighted by atomic mass is 32.2. The molecule has 3 heterocycles. The molecule has 1 saturated heterocycles. The summed E-state index contributed by atoms with van der Waals surface area (Å²) in [6, 6.07) is 0. The molecule has 1 N–H and O–H groups in total. The van der Waals surface area contributed by atoms with Gasteiger partial charge in [0.25, 0.3) is 15.2 Å². The van der Waals surface area contributed by atoms with Gasteiger partial charge in [0.2, 0.25) is 0 Å². The molecule has 1 aromatic heterocycles. The highest BCUT2D eigenvalue weighted by molar-refractivity contribution is 7.88. The van der Waals surface area contributed by atoms with E-state index in [4.69, 9.17) is 0 Å². The molecular weight excluding hydrogens is 240 g/mol. The summed E-state index contributed by atoms with van der Waals surface area (Å²) in [6.07, 6.45) is 3.46. The lowest BCUT2D eigenvalue weighted by molar-refractivity contribution is 0.469. The first kappa shape index (κ1) is 11.1. The zero-order valence-electron chi connectivity index (χ0n) is 9.39. The van der Waals surface area contributed by atoms with Gasteiger partial charge in [-0.1, -0.05) is 0 Å². The smallest absolute Gasteiger partial charge is 0.278 e. The lowest BCUT2D eigenvalue weighted by atomic mass is 10.3. The quantitative estimate of drug-likeness (QED) is 0.744. The van der Waals surface area contributed by atoms with E-state index in [2.05, 4.69) is 15.3 Å². The maximum absolute atomic E-state index is 12.2. The number of hydrogen-bond donors (Lipinski definition) is 1. The van der Waals surface area contributed by atoms with Gasteiger partial charge in [-0.15, -0.1) is 0 Å². The number of hydrogen-bond acceptors (Lipinski definition) is 5. The summed E-state index contributed by atoms with van der Waals surface area (Å²) in [6.45, 7) is 2.52. The van der Waals surface area contributed by atoms with Gasteiger partial charge in [-0.3, -0.25) is 0 Å². The number of nitrogens with one attached hydrogen (secondary N) is 1. The van der Waals surface area contributed by atoms with E-state index in [1.807, 2.05) is 0 Å². The molecule has 1 fully saturated rings. The van der Waals surface area contributed by atoms with Gasteiger partial charge >= 0.3 is 0 Å². The van der Waals surface area contributed by atoms with Crippen molar-refractivity contribution in [1.82, 2.24) is 19.6 Å². The van der Waals surface area contributed by atoms with E-state index >= 15 is 0 Å². The van der Waals surface area contributed by atoms with Crippen LogP contribution in [-0.4, -0.2) is 35.8 Å². The first-order chi connectivity index (χ1) is 8.18. The van der Waals surface area contributed by atoms with Crippen LogP contribution in [0.25, 0.3) is 0 Å². The van der Waals surface area contributed by atoms with Crippen LogP contribution in [0.2, 0.25) is 0 Å². The molecule has 0 amide bonds. The Balaban J connectivity index is 1.98. The van der Waals surface area contributed by atoms with Crippen molar-refractivity contribution in [1.29, 1.82) is 0 Å². The second kappa shape index (κ2) is 4.01. The topological polar surface area (TPSA) is 75.2 Å². The number of nitrogens with zero attached hydrogens (tertiary/aromatic N) is 3. The van der Waals surface area contributed by atoms with Gasteiger partial charge in [-0.25, -0.2) is 18.4 Å². The van der Waals surface area contributed by atoms with E-state index in [-0.39, 0.29) is 5.16 Å². The Kier molecular flexibility index (Phi) is 2.61. The summed E-state index contributed by atoms with van der Waals surface area (Å²) in [5.74, 6) is 0. The van der Waals surface area contributed by atoms with E-state index < -0.39 is 10.0 Å². The van der Waals surface area contributed by atoms with Crippen molar-refractivity contribution < 1.29 is 8.42 Å². The molecule has 6 nitrogen and oxygen atoms in total. The van der Waals surface area contributed by atoms with Crippen LogP contribution in [-0.2, 0) is 23.1 Å². The predicted octanol–water partition coefficient (Wildman–Crippen LogP) is -0.136. The van der Waals surface area contributed by atoms with Crippen molar-refractivity contribution in [2.24, 2.45) is 0 Å². The SMILES string of the molecule is O=S(=O)(c1ncc2c(n1)CNC2)N1CCCC1. The minimum Gasteiger partial charge on any atom is -0.307 e. The standard InChI is InChI=1S/C10H14N4O2S/c15-17(16,14-3-1-2-4-14)10-12-6-8-5-11-7-9(8)13-10/h6,11H,1-5,7H2. The Morgan fingerprint density at radius 2 is 2.00 bits per heavy atom. The maximum Gasteiger partial charge on any atom is 0.278 e. The molecular formula is C10H14N4O2S. The molecule has 3 rings (SSSR count). The summed E-state index contributed by atoms with van der Waals surface area (Å²) in [5, 5.41) is 3.07. The second-order valence-electron chi connectivity index (χ2n) is 4.34. The molecule has 0 aromatic carbocycles. The largest absolute Gasteiger partial charge is 0.307 e. The minimum absolute atomic E-state index is 0.0538. The van der Waals surface area contributed by atoms with Gasteiger partial charge in [0, 0.05) is 37.9 Å². The van der Waals surface area contributed by atoms with Crippen LogP contribution in [0, 0.1) is 0 Å². The van der Waals surface area contributed by atoms with Crippen LogP contribution in [0.4, 0.5) is 0 Å². The lowest BCUT2D eigenvalue weighted by Crippen LogP contribution is -2.29. The third-order valence-corrected chi connectivity index (χ3v) is 4.88. The van der Waals surface area contributed by atoms with Crippen molar-refractivity contribution in [3.63, 3.8) is 0 Å². The molecule has 0 spiro atoms.